The molecule has 2 N–H and O–H groups in total. The van der Waals surface area contributed by atoms with Crippen LogP contribution in [0.25, 0.3) is 0 Å². The molecule has 0 unspecified atom stereocenters. The molecule has 0 fully saturated rings. The van der Waals surface area contributed by atoms with Crippen LogP contribution in [0, 0.1) is 0 Å². The quantitative estimate of drug-likeness (QED) is 0.198. The third-order valence-electron chi connectivity index (χ3n) is 3.81. The first-order valence-electron chi connectivity index (χ1n) is 9.78. The van der Waals surface area contributed by atoms with Gasteiger partial charge in [0.15, 0.2) is 0 Å². The topological polar surface area (TPSA) is 57.5 Å². The van der Waals surface area contributed by atoms with Gasteiger partial charge in [0.1, 0.15) is 0 Å². The highest BCUT2D eigenvalue weighted by atomic mass is 32.2. The molecule has 0 aliphatic rings. The summed E-state index contributed by atoms with van der Waals surface area (Å²) in [5.74, 6) is 0.108. The number of allylic oxidation sites excluding steroid dienone is 7. The minimum atomic E-state index is -0.807. The van der Waals surface area contributed by atoms with Crippen molar-refractivity contribution in [1.82, 2.24) is 0 Å². The van der Waals surface area contributed by atoms with Crippen molar-refractivity contribution in [3.8, 4) is 0 Å². The Labute approximate surface area is 164 Å². The van der Waals surface area contributed by atoms with Crippen molar-refractivity contribution in [3.63, 3.8) is 0 Å². The van der Waals surface area contributed by atoms with Gasteiger partial charge in [0.25, 0.3) is 0 Å². The number of thioether (sulfide) groups is 1. The maximum atomic E-state index is 10.6. The number of unbranched alkanes of at least 4 members (excludes halogenated alkanes) is 3. The number of aliphatic hydroxyl groups excluding tert-OH is 1. The summed E-state index contributed by atoms with van der Waals surface area (Å²) >= 11 is 1.68. The lowest BCUT2D eigenvalue weighted by Crippen LogP contribution is -2.21. The fraction of sp³-hybridized carbons (Fsp3) is 0.591. The van der Waals surface area contributed by atoms with Crippen molar-refractivity contribution in [1.29, 1.82) is 0 Å². The maximum Gasteiger partial charge on any atom is 0.303 e. The largest absolute Gasteiger partial charge is 0.481 e. The lowest BCUT2D eigenvalue weighted by molar-refractivity contribution is -0.137. The molecule has 0 rings (SSSR count). The van der Waals surface area contributed by atoms with Crippen LogP contribution >= 0.6 is 11.8 Å². The molecule has 0 saturated heterocycles. The van der Waals surface area contributed by atoms with E-state index in [-0.39, 0.29) is 11.7 Å². The monoisotopic (exact) mass is 380 g/mol. The van der Waals surface area contributed by atoms with Gasteiger partial charge in [-0.3, -0.25) is 4.79 Å². The van der Waals surface area contributed by atoms with Crippen LogP contribution in [-0.2, 0) is 4.79 Å². The number of hydrogen-bond acceptors (Lipinski definition) is 3. The molecule has 0 aliphatic heterocycles. The molecule has 26 heavy (non-hydrogen) atoms. The molecule has 0 aliphatic carbocycles. The maximum absolute atomic E-state index is 10.6. The third kappa shape index (κ3) is 16.2. The van der Waals surface area contributed by atoms with E-state index in [4.69, 9.17) is 5.11 Å². The molecule has 0 aromatic rings. The van der Waals surface area contributed by atoms with Gasteiger partial charge in [0.05, 0.1) is 6.10 Å². The predicted molar refractivity (Wildman–Crippen MR) is 115 cm³/mol. The van der Waals surface area contributed by atoms with Crippen LogP contribution < -0.4 is 0 Å². The van der Waals surface area contributed by atoms with Crippen molar-refractivity contribution in [2.75, 3.05) is 5.75 Å². The van der Waals surface area contributed by atoms with Crippen molar-refractivity contribution in [2.45, 2.75) is 76.6 Å². The molecular formula is C22H36O3S. The number of aliphatic carboxylic acids is 1. The summed E-state index contributed by atoms with van der Waals surface area (Å²) in [4.78, 5) is 10.6. The molecule has 4 heteroatoms. The first-order valence-corrected chi connectivity index (χ1v) is 10.8. The normalized spacial score (nSPS) is 14.9. The second-order valence-electron chi connectivity index (χ2n) is 6.17. The fourth-order valence-corrected chi connectivity index (χ4v) is 3.32. The van der Waals surface area contributed by atoms with Gasteiger partial charge in [0, 0.05) is 11.7 Å². The number of aliphatic hydroxyl groups is 1. The highest BCUT2D eigenvalue weighted by Crippen LogP contribution is 2.20. The molecule has 0 heterocycles. The van der Waals surface area contributed by atoms with Gasteiger partial charge in [-0.05, 0) is 37.9 Å². The Hall–Kier alpha value is -1.26. The minimum Gasteiger partial charge on any atom is -0.481 e. The summed E-state index contributed by atoms with van der Waals surface area (Å²) in [6.45, 7) is 4.28. The van der Waals surface area contributed by atoms with E-state index < -0.39 is 12.1 Å². The number of rotatable bonds is 16. The molecule has 0 aromatic carbocycles. The number of carbonyl (C=O) groups is 1. The molecule has 2 atom stereocenters. The van der Waals surface area contributed by atoms with Crippen LogP contribution in [0.15, 0.2) is 48.6 Å². The minimum absolute atomic E-state index is 0.00785. The highest BCUT2D eigenvalue weighted by molar-refractivity contribution is 8.00. The van der Waals surface area contributed by atoms with Crippen molar-refractivity contribution >= 4 is 17.7 Å². The summed E-state index contributed by atoms with van der Waals surface area (Å²) in [5, 5.41) is 18.9. The van der Waals surface area contributed by atoms with Crippen LogP contribution in [0.1, 0.15) is 65.2 Å². The zero-order chi connectivity index (χ0) is 19.5. The zero-order valence-corrected chi connectivity index (χ0v) is 17.2. The Balaban J connectivity index is 4.11. The summed E-state index contributed by atoms with van der Waals surface area (Å²) < 4.78 is 0. The number of hydrogen-bond donors (Lipinski definition) is 2. The molecule has 3 nitrogen and oxygen atoms in total. The van der Waals surface area contributed by atoms with E-state index >= 15 is 0 Å². The second-order valence-corrected chi connectivity index (χ2v) is 7.63. The van der Waals surface area contributed by atoms with E-state index in [9.17, 15) is 9.90 Å². The van der Waals surface area contributed by atoms with Crippen LogP contribution in [-0.4, -0.2) is 33.3 Å². The Kier molecular flexibility index (Phi) is 17.6. The molecule has 0 radical (unpaired) electrons. The first kappa shape index (κ1) is 24.7. The standard InChI is InChI=1S/C22H36O3S/c1-3-5-6-7-8-9-10-11-12-13-14-15-18-21(26-4-2)20(23)17-16-19-22(24)25/h8-9,11-15,18,20-21,23H,3-7,10,16-17,19H2,1-2H3,(H,24,25)/b9-8-,12-11-,14-13-,18-15+/t20-,21+/m0/s1. The van der Waals surface area contributed by atoms with E-state index in [1.54, 1.807) is 11.8 Å². The van der Waals surface area contributed by atoms with E-state index in [1.807, 2.05) is 30.4 Å². The molecular weight excluding hydrogens is 344 g/mol. The summed E-state index contributed by atoms with van der Waals surface area (Å²) in [6, 6.07) is 0. The van der Waals surface area contributed by atoms with Crippen LogP contribution in [0.5, 0.6) is 0 Å². The van der Waals surface area contributed by atoms with Gasteiger partial charge in [-0.15, -0.1) is 0 Å². The summed E-state index contributed by atoms with van der Waals surface area (Å²) in [5.41, 5.74) is 0. The average molecular weight is 381 g/mol. The molecule has 0 saturated carbocycles. The van der Waals surface area contributed by atoms with Gasteiger partial charge in [-0.1, -0.05) is 75.3 Å². The van der Waals surface area contributed by atoms with Gasteiger partial charge in [0.2, 0.25) is 0 Å². The second kappa shape index (κ2) is 18.5. The van der Waals surface area contributed by atoms with Gasteiger partial charge in [-0.2, -0.15) is 11.8 Å². The van der Waals surface area contributed by atoms with Crippen LogP contribution in [0.4, 0.5) is 0 Å². The predicted octanol–water partition coefficient (Wildman–Crippen LogP) is 5.92. The van der Waals surface area contributed by atoms with E-state index in [0.29, 0.717) is 12.8 Å². The van der Waals surface area contributed by atoms with Gasteiger partial charge >= 0.3 is 5.97 Å². The van der Waals surface area contributed by atoms with Crippen LogP contribution in [0.2, 0.25) is 0 Å². The van der Waals surface area contributed by atoms with Crippen molar-refractivity contribution in [3.05, 3.63) is 48.6 Å². The SMILES string of the molecule is CCCCC/C=C\C\C=C/C=C\C=C\[C@@H](SCC)[C@@H](O)CCCC(=O)O. The van der Waals surface area contributed by atoms with Crippen molar-refractivity contribution < 1.29 is 15.0 Å². The molecule has 148 valence electrons. The van der Waals surface area contributed by atoms with Gasteiger partial charge < -0.3 is 10.2 Å². The lowest BCUT2D eigenvalue weighted by atomic mass is 10.1. The van der Waals surface area contributed by atoms with Crippen molar-refractivity contribution in [2.24, 2.45) is 0 Å². The average Bonchev–Trinajstić information content (AvgIpc) is 2.61. The number of carboxylic acid groups (broad SMARTS) is 1. The molecule has 0 bridgehead atoms. The molecule has 0 amide bonds. The van der Waals surface area contributed by atoms with E-state index in [1.165, 1.54) is 25.7 Å². The highest BCUT2D eigenvalue weighted by Gasteiger charge is 2.16. The Bertz CT molecular complexity index is 452. The Morgan fingerprint density at radius 3 is 2.46 bits per heavy atom. The Morgan fingerprint density at radius 1 is 1.00 bits per heavy atom. The lowest BCUT2D eigenvalue weighted by Gasteiger charge is -2.18. The fourth-order valence-electron chi connectivity index (χ4n) is 2.38. The molecule has 0 aromatic heterocycles. The van der Waals surface area contributed by atoms with Gasteiger partial charge in [-0.25, -0.2) is 0 Å². The number of carboxylic acids is 1. The summed E-state index contributed by atoms with van der Waals surface area (Å²) in [7, 11) is 0. The zero-order valence-electron chi connectivity index (χ0n) is 16.3. The third-order valence-corrected chi connectivity index (χ3v) is 5.00. The summed E-state index contributed by atoms with van der Waals surface area (Å²) in [6.07, 6.45) is 23.1. The van der Waals surface area contributed by atoms with E-state index in [0.717, 1.165) is 12.2 Å². The smallest absolute Gasteiger partial charge is 0.303 e. The first-order chi connectivity index (χ1) is 12.6. The Morgan fingerprint density at radius 2 is 1.77 bits per heavy atom. The van der Waals surface area contributed by atoms with Crippen LogP contribution in [0.3, 0.4) is 0 Å². The van der Waals surface area contributed by atoms with E-state index in [2.05, 4.69) is 32.1 Å². The molecule has 0 spiro atoms.